The molecule has 5 amide bonds. The highest BCUT2D eigenvalue weighted by Gasteiger charge is 2.47. The van der Waals surface area contributed by atoms with Crippen LogP contribution in [0.15, 0.2) is 0 Å². The second-order valence-corrected chi connectivity index (χ2v) is 8.40. The largest absolute Gasteiger partial charge is 0.452 e. The van der Waals surface area contributed by atoms with Crippen LogP contribution in [0.4, 0.5) is 4.79 Å². The van der Waals surface area contributed by atoms with Gasteiger partial charge < -0.3 is 10.1 Å². The summed E-state index contributed by atoms with van der Waals surface area (Å²) in [5.41, 5.74) is -0.518. The van der Waals surface area contributed by atoms with Gasteiger partial charge in [-0.25, -0.2) is 4.79 Å². The summed E-state index contributed by atoms with van der Waals surface area (Å²) in [7, 11) is 0. The van der Waals surface area contributed by atoms with E-state index in [-0.39, 0.29) is 36.6 Å². The van der Waals surface area contributed by atoms with Crippen molar-refractivity contribution >= 4 is 29.7 Å². The topological polar surface area (TPSA) is 122 Å². The second kappa shape index (κ2) is 8.70. The van der Waals surface area contributed by atoms with Crippen molar-refractivity contribution in [2.75, 3.05) is 6.54 Å². The quantitative estimate of drug-likeness (QED) is 0.531. The van der Waals surface area contributed by atoms with Gasteiger partial charge in [0.05, 0.1) is 18.3 Å². The van der Waals surface area contributed by atoms with Crippen LogP contribution in [0.2, 0.25) is 0 Å². The molecule has 0 unspecified atom stereocenters. The zero-order chi connectivity index (χ0) is 21.1. The molecular formula is C19H29N3O6. The Bertz CT molecular complexity index is 645. The summed E-state index contributed by atoms with van der Waals surface area (Å²) >= 11 is 0. The first-order valence-corrected chi connectivity index (χ1v) is 9.67. The first-order valence-electron chi connectivity index (χ1n) is 9.67. The smallest absolute Gasteiger partial charge is 0.321 e. The third kappa shape index (κ3) is 5.53. The van der Waals surface area contributed by atoms with Crippen molar-refractivity contribution in [3.8, 4) is 0 Å². The summed E-state index contributed by atoms with van der Waals surface area (Å²) in [6.45, 7) is 6.58. The standard InChI is InChI=1S/C19H29N3O6/c1-11(15(24)20-18(27)21-19(2,3)4)28-14(23)9-10-22-16(25)12-7-5-6-8-13(12)17(22)26/h11-13H,5-10H2,1-4H3,(H2,20,21,24,27)/t11-,12-,13+/m1/s1. The van der Waals surface area contributed by atoms with Crippen LogP contribution in [-0.2, 0) is 23.9 Å². The van der Waals surface area contributed by atoms with Crippen molar-refractivity contribution in [2.45, 2.75) is 71.4 Å². The summed E-state index contributed by atoms with van der Waals surface area (Å²) in [6.07, 6.45) is 1.93. The van der Waals surface area contributed by atoms with Gasteiger partial charge in [-0.3, -0.25) is 29.4 Å². The lowest BCUT2D eigenvalue weighted by Crippen LogP contribution is -2.50. The Morgan fingerprint density at radius 1 is 1.11 bits per heavy atom. The van der Waals surface area contributed by atoms with Crippen molar-refractivity contribution in [3.63, 3.8) is 0 Å². The van der Waals surface area contributed by atoms with Crippen LogP contribution in [0.1, 0.15) is 59.8 Å². The van der Waals surface area contributed by atoms with Crippen molar-refractivity contribution in [2.24, 2.45) is 11.8 Å². The van der Waals surface area contributed by atoms with Gasteiger partial charge in [-0.2, -0.15) is 0 Å². The fourth-order valence-electron chi connectivity index (χ4n) is 3.55. The number of carbonyl (C=O) groups excluding carboxylic acids is 5. The molecule has 1 saturated carbocycles. The average Bonchev–Trinajstić information content (AvgIpc) is 2.82. The molecule has 0 aromatic rings. The first-order chi connectivity index (χ1) is 13.0. The molecule has 1 saturated heterocycles. The van der Waals surface area contributed by atoms with E-state index in [4.69, 9.17) is 4.74 Å². The molecule has 3 atom stereocenters. The second-order valence-electron chi connectivity index (χ2n) is 8.40. The van der Waals surface area contributed by atoms with E-state index in [1.54, 1.807) is 20.8 Å². The number of hydrogen-bond acceptors (Lipinski definition) is 6. The normalized spacial score (nSPS) is 23.1. The van der Waals surface area contributed by atoms with Gasteiger partial charge in [-0.1, -0.05) is 12.8 Å². The maximum absolute atomic E-state index is 12.4. The molecule has 1 heterocycles. The maximum atomic E-state index is 12.4. The number of esters is 1. The highest BCUT2D eigenvalue weighted by Crippen LogP contribution is 2.37. The summed E-state index contributed by atoms with van der Waals surface area (Å²) in [5, 5.41) is 4.66. The van der Waals surface area contributed by atoms with Gasteiger partial charge in [-0.15, -0.1) is 0 Å². The molecule has 9 heteroatoms. The highest BCUT2D eigenvalue weighted by atomic mass is 16.5. The Balaban J connectivity index is 1.79. The van der Waals surface area contributed by atoms with E-state index >= 15 is 0 Å². The Morgan fingerprint density at radius 3 is 2.14 bits per heavy atom. The van der Waals surface area contributed by atoms with E-state index in [0.717, 1.165) is 17.7 Å². The SMILES string of the molecule is C[C@@H](OC(=O)CCN1C(=O)[C@H]2CCCC[C@H]2C1=O)C(=O)NC(=O)NC(C)(C)C. The third-order valence-corrected chi connectivity index (χ3v) is 4.87. The lowest BCUT2D eigenvalue weighted by molar-refractivity contribution is -0.155. The van der Waals surface area contributed by atoms with Crippen molar-refractivity contribution < 1.29 is 28.7 Å². The number of carbonyl (C=O) groups is 5. The monoisotopic (exact) mass is 395 g/mol. The molecule has 0 radical (unpaired) electrons. The summed E-state index contributed by atoms with van der Waals surface area (Å²) in [5.74, 6) is -2.42. The molecule has 2 N–H and O–H groups in total. The molecule has 2 rings (SSSR count). The Morgan fingerprint density at radius 2 is 1.64 bits per heavy atom. The van der Waals surface area contributed by atoms with E-state index < -0.39 is 29.6 Å². The molecule has 1 aliphatic heterocycles. The van der Waals surface area contributed by atoms with E-state index in [1.807, 2.05) is 0 Å². The summed E-state index contributed by atoms with van der Waals surface area (Å²) < 4.78 is 5.01. The van der Waals surface area contributed by atoms with Gasteiger partial charge in [0.1, 0.15) is 0 Å². The number of amides is 5. The van der Waals surface area contributed by atoms with Crippen LogP contribution in [0.25, 0.3) is 0 Å². The zero-order valence-electron chi connectivity index (χ0n) is 16.9. The number of likely N-dealkylation sites (tertiary alicyclic amines) is 1. The number of nitrogens with zero attached hydrogens (tertiary/aromatic N) is 1. The lowest BCUT2D eigenvalue weighted by atomic mass is 9.81. The molecule has 2 fully saturated rings. The minimum absolute atomic E-state index is 0.0532. The molecule has 156 valence electrons. The van der Waals surface area contributed by atoms with Gasteiger partial charge in [0, 0.05) is 12.1 Å². The summed E-state index contributed by atoms with van der Waals surface area (Å²) in [6, 6.07) is -0.684. The van der Waals surface area contributed by atoms with Crippen molar-refractivity contribution in [1.29, 1.82) is 0 Å². The molecule has 9 nitrogen and oxygen atoms in total. The Kier molecular flexibility index (Phi) is 6.79. The number of ether oxygens (including phenoxy) is 1. The van der Waals surface area contributed by atoms with Gasteiger partial charge in [-0.05, 0) is 40.5 Å². The van der Waals surface area contributed by atoms with Gasteiger partial charge >= 0.3 is 12.0 Å². The van der Waals surface area contributed by atoms with Crippen LogP contribution < -0.4 is 10.6 Å². The number of rotatable bonds is 5. The predicted molar refractivity (Wildman–Crippen MR) is 98.8 cm³/mol. The molecule has 28 heavy (non-hydrogen) atoms. The Labute approximate surface area is 164 Å². The molecule has 1 aliphatic carbocycles. The molecule has 0 bridgehead atoms. The number of nitrogens with one attached hydrogen (secondary N) is 2. The average molecular weight is 395 g/mol. The fraction of sp³-hybridized carbons (Fsp3) is 0.737. The van der Waals surface area contributed by atoms with Crippen LogP contribution >= 0.6 is 0 Å². The lowest BCUT2D eigenvalue weighted by Gasteiger charge is -2.21. The number of hydrogen-bond donors (Lipinski definition) is 2. The van der Waals surface area contributed by atoms with E-state index in [0.29, 0.717) is 12.8 Å². The Hall–Kier alpha value is -2.45. The highest BCUT2D eigenvalue weighted by molar-refractivity contribution is 6.05. The van der Waals surface area contributed by atoms with Crippen LogP contribution in [0, 0.1) is 11.8 Å². The molecule has 0 spiro atoms. The van der Waals surface area contributed by atoms with Crippen molar-refractivity contribution in [3.05, 3.63) is 0 Å². The molecule has 0 aromatic heterocycles. The van der Waals surface area contributed by atoms with Gasteiger partial charge in [0.15, 0.2) is 6.10 Å². The van der Waals surface area contributed by atoms with Crippen molar-refractivity contribution in [1.82, 2.24) is 15.5 Å². The number of fused-ring (bicyclic) bond motifs is 1. The molecule has 2 aliphatic rings. The minimum Gasteiger partial charge on any atom is -0.452 e. The van der Waals surface area contributed by atoms with Crippen LogP contribution in [-0.4, -0.2) is 52.8 Å². The minimum atomic E-state index is -1.18. The van der Waals surface area contributed by atoms with Crippen LogP contribution in [0.3, 0.4) is 0 Å². The van der Waals surface area contributed by atoms with E-state index in [9.17, 15) is 24.0 Å². The molecular weight excluding hydrogens is 366 g/mol. The van der Waals surface area contributed by atoms with Crippen LogP contribution in [0.5, 0.6) is 0 Å². The summed E-state index contributed by atoms with van der Waals surface area (Å²) in [4.78, 5) is 61.5. The fourth-order valence-corrected chi connectivity index (χ4v) is 3.55. The zero-order valence-corrected chi connectivity index (χ0v) is 16.9. The number of imide groups is 2. The third-order valence-electron chi connectivity index (χ3n) is 4.87. The molecule has 0 aromatic carbocycles. The van der Waals surface area contributed by atoms with Gasteiger partial charge in [0.25, 0.3) is 5.91 Å². The maximum Gasteiger partial charge on any atom is 0.321 e. The predicted octanol–water partition coefficient (Wildman–Crippen LogP) is 1.11. The number of urea groups is 1. The van der Waals surface area contributed by atoms with E-state index in [2.05, 4.69) is 10.6 Å². The first kappa shape index (κ1) is 21.8. The van der Waals surface area contributed by atoms with E-state index in [1.165, 1.54) is 6.92 Å². The van der Waals surface area contributed by atoms with Gasteiger partial charge in [0.2, 0.25) is 11.8 Å².